The van der Waals surface area contributed by atoms with Gasteiger partial charge in [-0.3, -0.25) is 0 Å². The normalized spacial score (nSPS) is 17.3. The molecule has 0 aromatic heterocycles. The smallest absolute Gasteiger partial charge is 0.321 e. The average Bonchev–Trinajstić information content (AvgIpc) is 2.65. The topological polar surface area (TPSA) is 41.6 Å². The molecule has 1 atom stereocenters. The van der Waals surface area contributed by atoms with Crippen molar-refractivity contribution >= 4 is 23.3 Å². The fourth-order valence-corrected chi connectivity index (χ4v) is 2.03. The van der Waals surface area contributed by atoms with Gasteiger partial charge in [-0.1, -0.05) is 11.6 Å². The first-order valence-electron chi connectivity index (χ1n) is 5.45. The number of hydrogen-bond acceptors (Lipinski definition) is 2. The van der Waals surface area contributed by atoms with E-state index in [4.69, 9.17) is 16.3 Å². The van der Waals surface area contributed by atoms with Crippen molar-refractivity contribution in [3.05, 3.63) is 22.7 Å². The number of halogens is 1. The zero-order valence-electron chi connectivity index (χ0n) is 10.1. The highest BCUT2D eigenvalue weighted by Crippen LogP contribution is 2.40. The van der Waals surface area contributed by atoms with Crippen LogP contribution < -0.4 is 10.1 Å². The summed E-state index contributed by atoms with van der Waals surface area (Å²) in [4.78, 5) is 13.1. The summed E-state index contributed by atoms with van der Waals surface area (Å²) in [6.07, 6.45) is 0.860. The third-order valence-electron chi connectivity index (χ3n) is 2.67. The van der Waals surface area contributed by atoms with E-state index in [0.29, 0.717) is 10.8 Å². The van der Waals surface area contributed by atoms with Crippen molar-refractivity contribution in [2.45, 2.75) is 19.4 Å². The monoisotopic (exact) mass is 254 g/mol. The number of urea groups is 1. The lowest BCUT2D eigenvalue weighted by molar-refractivity contribution is 0.230. The molecule has 2 amide bonds. The summed E-state index contributed by atoms with van der Waals surface area (Å²) in [5.41, 5.74) is 1.74. The second-order valence-corrected chi connectivity index (χ2v) is 4.77. The Bertz CT molecular complexity index is 460. The molecule has 2 rings (SSSR count). The SMILES string of the molecule is CC1Cc2c(NC(=O)N(C)C)ccc(Cl)c2O1. The Morgan fingerprint density at radius 2 is 2.24 bits per heavy atom. The van der Waals surface area contributed by atoms with E-state index >= 15 is 0 Å². The number of anilines is 1. The minimum atomic E-state index is -0.158. The number of nitrogens with one attached hydrogen (secondary N) is 1. The molecule has 1 unspecified atom stereocenters. The number of carbonyl (C=O) groups excluding carboxylic acids is 1. The molecule has 0 saturated heterocycles. The zero-order chi connectivity index (χ0) is 12.6. The predicted molar refractivity (Wildman–Crippen MR) is 68.0 cm³/mol. The van der Waals surface area contributed by atoms with Crippen LogP contribution in [0.2, 0.25) is 5.02 Å². The van der Waals surface area contributed by atoms with Gasteiger partial charge in [-0.05, 0) is 19.1 Å². The van der Waals surface area contributed by atoms with E-state index in [1.165, 1.54) is 4.90 Å². The second kappa shape index (κ2) is 4.45. The maximum atomic E-state index is 11.6. The van der Waals surface area contributed by atoms with Gasteiger partial charge in [0.05, 0.1) is 5.02 Å². The van der Waals surface area contributed by atoms with Crippen LogP contribution in [0.15, 0.2) is 12.1 Å². The lowest BCUT2D eigenvalue weighted by Crippen LogP contribution is -2.27. The fourth-order valence-electron chi connectivity index (χ4n) is 1.80. The van der Waals surface area contributed by atoms with Crippen LogP contribution in [-0.4, -0.2) is 31.1 Å². The first-order valence-corrected chi connectivity index (χ1v) is 5.83. The number of ether oxygens (including phenoxy) is 1. The van der Waals surface area contributed by atoms with Gasteiger partial charge >= 0.3 is 6.03 Å². The molecule has 4 nitrogen and oxygen atoms in total. The summed E-state index contributed by atoms with van der Waals surface area (Å²) >= 11 is 6.06. The molecule has 1 aromatic rings. The van der Waals surface area contributed by atoms with Crippen molar-refractivity contribution in [2.24, 2.45) is 0 Å². The third kappa shape index (κ3) is 2.31. The van der Waals surface area contributed by atoms with E-state index in [1.54, 1.807) is 20.2 Å². The summed E-state index contributed by atoms with van der Waals surface area (Å²) in [6, 6.07) is 3.39. The Balaban J connectivity index is 2.31. The molecule has 17 heavy (non-hydrogen) atoms. The van der Waals surface area contributed by atoms with Crippen molar-refractivity contribution in [1.29, 1.82) is 0 Å². The molecular weight excluding hydrogens is 240 g/mol. The Labute approximate surface area is 106 Å². The van der Waals surface area contributed by atoms with Crippen LogP contribution >= 0.6 is 11.6 Å². The summed E-state index contributed by atoms with van der Waals surface area (Å²) in [6.45, 7) is 1.98. The highest BCUT2D eigenvalue weighted by atomic mass is 35.5. The minimum Gasteiger partial charge on any atom is -0.488 e. The Hall–Kier alpha value is -1.42. The van der Waals surface area contributed by atoms with E-state index in [9.17, 15) is 4.79 Å². The van der Waals surface area contributed by atoms with Crippen LogP contribution in [0.1, 0.15) is 12.5 Å². The Morgan fingerprint density at radius 1 is 1.53 bits per heavy atom. The van der Waals surface area contributed by atoms with Gasteiger partial charge in [0, 0.05) is 31.8 Å². The van der Waals surface area contributed by atoms with Crippen molar-refractivity contribution < 1.29 is 9.53 Å². The highest BCUT2D eigenvalue weighted by Gasteiger charge is 2.25. The van der Waals surface area contributed by atoms with Crippen LogP contribution in [0.5, 0.6) is 5.75 Å². The summed E-state index contributed by atoms with van der Waals surface area (Å²) < 4.78 is 5.62. The molecule has 1 aliphatic heterocycles. The van der Waals surface area contributed by atoms with Crippen molar-refractivity contribution in [3.63, 3.8) is 0 Å². The van der Waals surface area contributed by atoms with Crippen LogP contribution in [0, 0.1) is 0 Å². The largest absolute Gasteiger partial charge is 0.488 e. The number of benzene rings is 1. The average molecular weight is 255 g/mol. The van der Waals surface area contributed by atoms with Crippen LogP contribution in [0.4, 0.5) is 10.5 Å². The second-order valence-electron chi connectivity index (χ2n) is 4.36. The number of nitrogens with zero attached hydrogens (tertiary/aromatic N) is 1. The zero-order valence-corrected chi connectivity index (χ0v) is 10.8. The highest BCUT2D eigenvalue weighted by molar-refractivity contribution is 6.32. The molecule has 92 valence electrons. The molecule has 0 aliphatic carbocycles. The van der Waals surface area contributed by atoms with Gasteiger partial charge in [-0.15, -0.1) is 0 Å². The quantitative estimate of drug-likeness (QED) is 0.837. The maximum absolute atomic E-state index is 11.6. The fraction of sp³-hybridized carbons (Fsp3) is 0.417. The molecule has 0 fully saturated rings. The molecule has 1 N–H and O–H groups in total. The maximum Gasteiger partial charge on any atom is 0.321 e. The molecule has 1 heterocycles. The number of fused-ring (bicyclic) bond motifs is 1. The summed E-state index contributed by atoms with van der Waals surface area (Å²) in [5.74, 6) is 0.690. The van der Waals surface area contributed by atoms with Gasteiger partial charge < -0.3 is 15.0 Å². The third-order valence-corrected chi connectivity index (χ3v) is 2.97. The lowest BCUT2D eigenvalue weighted by atomic mass is 10.1. The summed E-state index contributed by atoms with van der Waals surface area (Å²) in [5, 5.41) is 3.43. The number of hydrogen-bond donors (Lipinski definition) is 1. The van der Waals surface area contributed by atoms with E-state index in [-0.39, 0.29) is 12.1 Å². The number of rotatable bonds is 1. The first kappa shape index (κ1) is 12.0. The first-order chi connectivity index (χ1) is 7.99. The molecule has 0 bridgehead atoms. The van der Waals surface area contributed by atoms with Crippen molar-refractivity contribution in [3.8, 4) is 5.75 Å². The van der Waals surface area contributed by atoms with Crippen LogP contribution in [0.25, 0.3) is 0 Å². The molecule has 0 saturated carbocycles. The standard InChI is InChI=1S/C12H15ClN2O2/c1-7-6-8-10(14-12(16)15(2)3)5-4-9(13)11(8)17-7/h4-5,7H,6H2,1-3H3,(H,14,16). The summed E-state index contributed by atoms with van der Waals surface area (Å²) in [7, 11) is 3.40. The lowest BCUT2D eigenvalue weighted by Gasteiger charge is -2.14. The van der Waals surface area contributed by atoms with Gasteiger partial charge in [0.1, 0.15) is 11.9 Å². The van der Waals surface area contributed by atoms with Gasteiger partial charge in [0.25, 0.3) is 0 Å². The van der Waals surface area contributed by atoms with Crippen LogP contribution in [-0.2, 0) is 6.42 Å². The van der Waals surface area contributed by atoms with Crippen molar-refractivity contribution in [2.75, 3.05) is 19.4 Å². The van der Waals surface area contributed by atoms with Crippen molar-refractivity contribution in [1.82, 2.24) is 4.90 Å². The van der Waals surface area contributed by atoms with Gasteiger partial charge in [-0.2, -0.15) is 0 Å². The van der Waals surface area contributed by atoms with E-state index in [1.807, 2.05) is 13.0 Å². The van der Waals surface area contributed by atoms with E-state index in [0.717, 1.165) is 17.7 Å². The molecule has 5 heteroatoms. The van der Waals surface area contributed by atoms with Gasteiger partial charge in [0.15, 0.2) is 0 Å². The van der Waals surface area contributed by atoms with E-state index < -0.39 is 0 Å². The molecule has 1 aliphatic rings. The van der Waals surface area contributed by atoms with E-state index in [2.05, 4.69) is 5.32 Å². The Morgan fingerprint density at radius 3 is 2.88 bits per heavy atom. The molecule has 0 radical (unpaired) electrons. The molecule has 0 spiro atoms. The minimum absolute atomic E-state index is 0.0971. The predicted octanol–water partition coefficient (Wildman–Crippen LogP) is 2.76. The molecular formula is C12H15ClN2O2. The number of carbonyl (C=O) groups is 1. The molecule has 1 aromatic carbocycles. The van der Waals surface area contributed by atoms with Gasteiger partial charge in [0.2, 0.25) is 0 Å². The van der Waals surface area contributed by atoms with Crippen LogP contribution in [0.3, 0.4) is 0 Å². The van der Waals surface area contributed by atoms with Gasteiger partial charge in [-0.25, -0.2) is 4.79 Å². The number of amides is 2. The Kier molecular flexibility index (Phi) is 3.15.